The van der Waals surface area contributed by atoms with Gasteiger partial charge in [0.1, 0.15) is 0 Å². The lowest BCUT2D eigenvalue weighted by Crippen LogP contribution is -2.49. The number of anilines is 1. The second-order valence-electron chi connectivity index (χ2n) is 4.81. The number of nitrogens with zero attached hydrogens (tertiary/aromatic N) is 2. The highest BCUT2D eigenvalue weighted by Crippen LogP contribution is 2.13. The summed E-state index contributed by atoms with van der Waals surface area (Å²) in [5.74, 6) is 0. The molecular formula is C13H21N3. The summed E-state index contributed by atoms with van der Waals surface area (Å²) in [5, 5.41) is 0. The van der Waals surface area contributed by atoms with Crippen LogP contribution in [-0.2, 0) is 6.54 Å². The third-order valence-corrected chi connectivity index (χ3v) is 3.40. The van der Waals surface area contributed by atoms with Gasteiger partial charge in [0, 0.05) is 37.9 Å². The molecule has 2 rings (SSSR count). The van der Waals surface area contributed by atoms with E-state index < -0.39 is 0 Å². The molecule has 1 aromatic rings. The van der Waals surface area contributed by atoms with Crippen molar-refractivity contribution in [3.8, 4) is 0 Å². The summed E-state index contributed by atoms with van der Waals surface area (Å²) >= 11 is 0. The zero-order valence-electron chi connectivity index (χ0n) is 10.2. The third kappa shape index (κ3) is 2.74. The largest absolute Gasteiger partial charge is 0.399 e. The fourth-order valence-corrected chi connectivity index (χ4v) is 2.22. The van der Waals surface area contributed by atoms with Crippen LogP contribution in [0.3, 0.4) is 0 Å². The molecule has 1 aromatic carbocycles. The molecule has 1 unspecified atom stereocenters. The molecule has 1 atom stereocenters. The quantitative estimate of drug-likeness (QED) is 0.763. The predicted molar refractivity (Wildman–Crippen MR) is 68.2 cm³/mol. The molecule has 0 saturated carbocycles. The molecule has 0 amide bonds. The summed E-state index contributed by atoms with van der Waals surface area (Å²) in [6.45, 7) is 6.75. The number of benzene rings is 1. The van der Waals surface area contributed by atoms with Crippen LogP contribution in [0.4, 0.5) is 5.69 Å². The highest BCUT2D eigenvalue weighted by molar-refractivity contribution is 5.40. The first-order valence-corrected chi connectivity index (χ1v) is 5.92. The van der Waals surface area contributed by atoms with Crippen LogP contribution in [0.2, 0.25) is 0 Å². The van der Waals surface area contributed by atoms with Crippen molar-refractivity contribution in [3.63, 3.8) is 0 Å². The van der Waals surface area contributed by atoms with E-state index >= 15 is 0 Å². The summed E-state index contributed by atoms with van der Waals surface area (Å²) in [6, 6.07) is 8.85. The molecule has 0 radical (unpaired) electrons. The average Bonchev–Trinajstić information content (AvgIpc) is 2.24. The van der Waals surface area contributed by atoms with Gasteiger partial charge in [0.25, 0.3) is 0 Å². The molecule has 1 aliphatic rings. The van der Waals surface area contributed by atoms with E-state index in [4.69, 9.17) is 5.73 Å². The second kappa shape index (κ2) is 4.85. The highest BCUT2D eigenvalue weighted by Gasteiger charge is 2.20. The summed E-state index contributed by atoms with van der Waals surface area (Å²) in [6.07, 6.45) is 0. The number of hydrogen-bond acceptors (Lipinski definition) is 3. The Kier molecular flexibility index (Phi) is 3.46. The Morgan fingerprint density at radius 1 is 1.38 bits per heavy atom. The van der Waals surface area contributed by atoms with Crippen molar-refractivity contribution in [3.05, 3.63) is 29.8 Å². The Morgan fingerprint density at radius 3 is 2.88 bits per heavy atom. The van der Waals surface area contributed by atoms with Gasteiger partial charge in [-0.05, 0) is 31.7 Å². The fourth-order valence-electron chi connectivity index (χ4n) is 2.22. The van der Waals surface area contributed by atoms with Crippen LogP contribution in [-0.4, -0.2) is 42.5 Å². The molecule has 0 aliphatic carbocycles. The van der Waals surface area contributed by atoms with Crippen LogP contribution >= 0.6 is 0 Å². The molecule has 88 valence electrons. The Morgan fingerprint density at radius 2 is 2.19 bits per heavy atom. The summed E-state index contributed by atoms with van der Waals surface area (Å²) in [7, 11) is 2.20. The third-order valence-electron chi connectivity index (χ3n) is 3.40. The first-order valence-electron chi connectivity index (χ1n) is 5.92. The zero-order valence-corrected chi connectivity index (χ0v) is 10.2. The van der Waals surface area contributed by atoms with Gasteiger partial charge in [-0.2, -0.15) is 0 Å². The lowest BCUT2D eigenvalue weighted by molar-refractivity contribution is 0.1000. The molecule has 3 nitrogen and oxygen atoms in total. The van der Waals surface area contributed by atoms with Crippen molar-refractivity contribution in [2.24, 2.45) is 0 Å². The highest BCUT2D eigenvalue weighted by atomic mass is 15.3. The van der Waals surface area contributed by atoms with Crippen LogP contribution in [0, 0.1) is 0 Å². The van der Waals surface area contributed by atoms with Crippen LogP contribution < -0.4 is 5.73 Å². The monoisotopic (exact) mass is 219 g/mol. The molecule has 2 N–H and O–H groups in total. The van der Waals surface area contributed by atoms with E-state index in [1.807, 2.05) is 12.1 Å². The van der Waals surface area contributed by atoms with E-state index in [2.05, 4.69) is 35.9 Å². The van der Waals surface area contributed by atoms with E-state index in [1.165, 1.54) is 5.56 Å². The Labute approximate surface area is 97.8 Å². The topological polar surface area (TPSA) is 32.5 Å². The van der Waals surface area contributed by atoms with Crippen LogP contribution in [0.25, 0.3) is 0 Å². The second-order valence-corrected chi connectivity index (χ2v) is 4.81. The maximum absolute atomic E-state index is 5.79. The van der Waals surface area contributed by atoms with Gasteiger partial charge in [-0.1, -0.05) is 12.1 Å². The molecule has 1 heterocycles. The Hall–Kier alpha value is -1.06. The Balaban J connectivity index is 1.95. The van der Waals surface area contributed by atoms with Gasteiger partial charge in [-0.15, -0.1) is 0 Å². The van der Waals surface area contributed by atoms with E-state index in [0.29, 0.717) is 6.04 Å². The molecule has 1 fully saturated rings. The first kappa shape index (κ1) is 11.4. The molecule has 1 saturated heterocycles. The van der Waals surface area contributed by atoms with Gasteiger partial charge in [0.2, 0.25) is 0 Å². The number of rotatable bonds is 2. The summed E-state index contributed by atoms with van der Waals surface area (Å²) in [5.41, 5.74) is 7.96. The van der Waals surface area contributed by atoms with E-state index in [-0.39, 0.29) is 0 Å². The average molecular weight is 219 g/mol. The molecule has 0 spiro atoms. The van der Waals surface area contributed by atoms with Gasteiger partial charge >= 0.3 is 0 Å². The molecule has 1 aliphatic heterocycles. The van der Waals surface area contributed by atoms with E-state index in [1.54, 1.807) is 0 Å². The van der Waals surface area contributed by atoms with Gasteiger partial charge in [0.05, 0.1) is 0 Å². The minimum Gasteiger partial charge on any atom is -0.399 e. The lowest BCUT2D eigenvalue weighted by atomic mass is 10.1. The number of hydrogen-bond donors (Lipinski definition) is 1. The molecule has 3 heteroatoms. The van der Waals surface area contributed by atoms with Crippen molar-refractivity contribution in [2.75, 3.05) is 32.4 Å². The fraction of sp³-hybridized carbons (Fsp3) is 0.538. The molecular weight excluding hydrogens is 198 g/mol. The SMILES string of the molecule is CC1CN(Cc2cccc(N)c2)CCN1C. The summed E-state index contributed by atoms with van der Waals surface area (Å²) < 4.78 is 0. The normalized spacial score (nSPS) is 23.5. The van der Waals surface area contributed by atoms with E-state index in [0.717, 1.165) is 31.9 Å². The van der Waals surface area contributed by atoms with Crippen LogP contribution in [0.1, 0.15) is 12.5 Å². The standard InChI is InChI=1S/C13H21N3/c1-11-9-16(7-6-15(11)2)10-12-4-3-5-13(14)8-12/h3-5,8,11H,6-7,9-10,14H2,1-2H3. The molecule has 16 heavy (non-hydrogen) atoms. The van der Waals surface area contributed by atoms with Crippen molar-refractivity contribution >= 4 is 5.69 Å². The van der Waals surface area contributed by atoms with Crippen molar-refractivity contribution in [2.45, 2.75) is 19.5 Å². The zero-order chi connectivity index (χ0) is 11.5. The maximum Gasteiger partial charge on any atom is 0.0317 e. The number of nitrogen functional groups attached to an aromatic ring is 1. The van der Waals surface area contributed by atoms with Gasteiger partial charge in [-0.3, -0.25) is 4.90 Å². The maximum atomic E-state index is 5.79. The smallest absolute Gasteiger partial charge is 0.0317 e. The predicted octanol–water partition coefficient (Wildman–Crippen LogP) is 1.40. The number of likely N-dealkylation sites (N-methyl/N-ethyl adjacent to an activating group) is 1. The van der Waals surface area contributed by atoms with Crippen molar-refractivity contribution < 1.29 is 0 Å². The number of piperazine rings is 1. The van der Waals surface area contributed by atoms with Crippen LogP contribution in [0.5, 0.6) is 0 Å². The van der Waals surface area contributed by atoms with Crippen molar-refractivity contribution in [1.29, 1.82) is 0 Å². The van der Waals surface area contributed by atoms with Crippen molar-refractivity contribution in [1.82, 2.24) is 9.80 Å². The molecule has 0 aromatic heterocycles. The summed E-state index contributed by atoms with van der Waals surface area (Å²) in [4.78, 5) is 4.91. The van der Waals surface area contributed by atoms with Gasteiger partial charge < -0.3 is 10.6 Å². The lowest BCUT2D eigenvalue weighted by Gasteiger charge is -2.37. The Bertz CT molecular complexity index is 351. The molecule has 0 bridgehead atoms. The van der Waals surface area contributed by atoms with Crippen LogP contribution in [0.15, 0.2) is 24.3 Å². The van der Waals surface area contributed by atoms with Gasteiger partial charge in [0.15, 0.2) is 0 Å². The number of nitrogens with two attached hydrogens (primary N) is 1. The van der Waals surface area contributed by atoms with E-state index in [9.17, 15) is 0 Å². The first-order chi connectivity index (χ1) is 7.65. The minimum atomic E-state index is 0.648. The van der Waals surface area contributed by atoms with Gasteiger partial charge in [-0.25, -0.2) is 0 Å². The minimum absolute atomic E-state index is 0.648.